The van der Waals surface area contributed by atoms with Crippen LogP contribution in [0.5, 0.6) is 17.2 Å². The minimum Gasteiger partial charge on any atom is -0.497 e. The lowest BCUT2D eigenvalue weighted by atomic mass is 10.1. The van der Waals surface area contributed by atoms with Gasteiger partial charge in [0.2, 0.25) is 12.7 Å². The molecule has 0 aliphatic carbocycles. The van der Waals surface area contributed by atoms with E-state index in [2.05, 4.69) is 15.5 Å². The third-order valence-electron chi connectivity index (χ3n) is 4.74. The molecule has 1 atom stereocenters. The van der Waals surface area contributed by atoms with Crippen molar-refractivity contribution in [1.82, 2.24) is 14.8 Å². The van der Waals surface area contributed by atoms with Crippen molar-refractivity contribution in [1.29, 1.82) is 0 Å². The van der Waals surface area contributed by atoms with E-state index in [1.165, 1.54) is 11.8 Å². The molecule has 1 aliphatic heterocycles. The first kappa shape index (κ1) is 20.1. The maximum absolute atomic E-state index is 12.6. The molecule has 2 heterocycles. The number of thioether (sulfide) groups is 1. The molecular weight excluding hydrogens is 404 g/mol. The minimum absolute atomic E-state index is 0.126. The zero-order valence-corrected chi connectivity index (χ0v) is 17.7. The van der Waals surface area contributed by atoms with Gasteiger partial charge in [0.25, 0.3) is 0 Å². The van der Waals surface area contributed by atoms with Crippen LogP contribution in [0, 0.1) is 0 Å². The van der Waals surface area contributed by atoms with Crippen LogP contribution in [0.2, 0.25) is 0 Å². The van der Waals surface area contributed by atoms with Crippen LogP contribution in [-0.4, -0.2) is 39.8 Å². The number of anilines is 1. The summed E-state index contributed by atoms with van der Waals surface area (Å²) in [5, 5.41) is 11.8. The number of aromatic nitrogens is 3. The molecule has 0 unspecified atom stereocenters. The number of hydrogen-bond acceptors (Lipinski definition) is 7. The number of amides is 1. The number of fused-ring (bicyclic) bond motifs is 1. The minimum atomic E-state index is -0.354. The average Bonchev–Trinajstić information content (AvgIpc) is 3.35. The van der Waals surface area contributed by atoms with Gasteiger partial charge in [-0.25, -0.2) is 0 Å². The third kappa shape index (κ3) is 4.35. The molecule has 4 rings (SSSR count). The Morgan fingerprint density at radius 1 is 1.20 bits per heavy atom. The smallest absolute Gasteiger partial charge is 0.237 e. The Kier molecular flexibility index (Phi) is 5.80. The van der Waals surface area contributed by atoms with Gasteiger partial charge in [0, 0.05) is 25.2 Å². The average molecular weight is 426 g/mol. The molecule has 0 saturated heterocycles. The standard InChI is InChI=1S/C21H22N4O4S/c1-13(20(26)22-15-6-9-17-18(11-15)29-12-28-17)30-21-24-23-19(25(21)2)10-14-4-7-16(27-3)8-5-14/h4-9,11,13H,10,12H2,1-3H3,(H,22,26)/t13-/m0/s1. The van der Waals surface area contributed by atoms with Crippen molar-refractivity contribution in [2.24, 2.45) is 7.05 Å². The third-order valence-corrected chi connectivity index (χ3v) is 5.87. The van der Waals surface area contributed by atoms with Crippen LogP contribution in [0.15, 0.2) is 47.6 Å². The molecule has 30 heavy (non-hydrogen) atoms. The van der Waals surface area contributed by atoms with Gasteiger partial charge in [0.15, 0.2) is 16.7 Å². The van der Waals surface area contributed by atoms with Crippen LogP contribution in [0.3, 0.4) is 0 Å². The monoisotopic (exact) mass is 426 g/mol. The molecule has 2 aromatic carbocycles. The van der Waals surface area contributed by atoms with E-state index in [1.807, 2.05) is 42.8 Å². The number of nitrogens with one attached hydrogen (secondary N) is 1. The normalized spacial score (nSPS) is 13.2. The molecule has 8 nitrogen and oxygen atoms in total. The van der Waals surface area contributed by atoms with Crippen molar-refractivity contribution in [3.8, 4) is 17.2 Å². The molecular formula is C21H22N4O4S. The first-order valence-corrected chi connectivity index (χ1v) is 10.3. The van der Waals surface area contributed by atoms with Crippen molar-refractivity contribution in [2.75, 3.05) is 19.2 Å². The summed E-state index contributed by atoms with van der Waals surface area (Å²) in [5.74, 6) is 2.82. The molecule has 156 valence electrons. The summed E-state index contributed by atoms with van der Waals surface area (Å²) in [4.78, 5) is 12.6. The predicted molar refractivity (Wildman–Crippen MR) is 113 cm³/mol. The first-order valence-electron chi connectivity index (χ1n) is 9.42. The molecule has 0 saturated carbocycles. The summed E-state index contributed by atoms with van der Waals surface area (Å²) in [6.07, 6.45) is 0.645. The molecule has 1 amide bonds. The Bertz CT molecular complexity index is 1050. The second kappa shape index (κ2) is 8.66. The van der Waals surface area contributed by atoms with Crippen LogP contribution < -0.4 is 19.5 Å². The number of rotatable bonds is 7. The maximum atomic E-state index is 12.6. The van der Waals surface area contributed by atoms with Crippen LogP contribution >= 0.6 is 11.8 Å². The lowest BCUT2D eigenvalue weighted by Gasteiger charge is -2.12. The first-order chi connectivity index (χ1) is 14.5. The molecule has 1 N–H and O–H groups in total. The van der Waals surface area contributed by atoms with E-state index in [9.17, 15) is 4.79 Å². The van der Waals surface area contributed by atoms with Gasteiger partial charge in [-0.05, 0) is 36.8 Å². The van der Waals surface area contributed by atoms with Crippen molar-refractivity contribution in [2.45, 2.75) is 23.8 Å². The van der Waals surface area contributed by atoms with Gasteiger partial charge in [0.05, 0.1) is 12.4 Å². The van der Waals surface area contributed by atoms with E-state index in [0.717, 1.165) is 17.1 Å². The fraction of sp³-hybridized carbons (Fsp3) is 0.286. The van der Waals surface area contributed by atoms with E-state index < -0.39 is 0 Å². The summed E-state index contributed by atoms with van der Waals surface area (Å²) in [7, 11) is 3.55. The lowest BCUT2D eigenvalue weighted by Crippen LogP contribution is -2.22. The largest absolute Gasteiger partial charge is 0.497 e. The fourth-order valence-electron chi connectivity index (χ4n) is 2.96. The van der Waals surface area contributed by atoms with Gasteiger partial charge in [-0.3, -0.25) is 4.79 Å². The van der Waals surface area contributed by atoms with Crippen molar-refractivity contribution >= 4 is 23.4 Å². The van der Waals surface area contributed by atoms with Gasteiger partial charge in [-0.15, -0.1) is 10.2 Å². The van der Waals surface area contributed by atoms with Crippen LogP contribution in [0.4, 0.5) is 5.69 Å². The molecule has 1 aromatic heterocycles. The SMILES string of the molecule is COc1ccc(Cc2nnc(S[C@@H](C)C(=O)Nc3ccc4c(c3)OCO4)n2C)cc1. The van der Waals surface area contributed by atoms with E-state index >= 15 is 0 Å². The number of hydrogen-bond donors (Lipinski definition) is 1. The summed E-state index contributed by atoms with van der Waals surface area (Å²) >= 11 is 1.36. The highest BCUT2D eigenvalue weighted by Crippen LogP contribution is 2.34. The molecule has 3 aromatic rings. The number of carbonyl (C=O) groups excluding carboxylic acids is 1. The molecule has 0 spiro atoms. The van der Waals surface area contributed by atoms with Gasteiger partial charge >= 0.3 is 0 Å². The summed E-state index contributed by atoms with van der Waals surface area (Å²) in [6, 6.07) is 13.2. The molecule has 9 heteroatoms. The van der Waals surface area contributed by atoms with E-state index in [4.69, 9.17) is 14.2 Å². The number of carbonyl (C=O) groups is 1. The van der Waals surface area contributed by atoms with E-state index in [1.54, 1.807) is 25.3 Å². The predicted octanol–water partition coefficient (Wildman–Crippen LogP) is 3.26. The van der Waals surface area contributed by atoms with Crippen LogP contribution in [-0.2, 0) is 18.3 Å². The van der Waals surface area contributed by atoms with Gasteiger partial charge in [-0.2, -0.15) is 0 Å². The van der Waals surface area contributed by atoms with Gasteiger partial charge < -0.3 is 24.1 Å². The van der Waals surface area contributed by atoms with Crippen molar-refractivity contribution in [3.05, 3.63) is 53.9 Å². The highest BCUT2D eigenvalue weighted by Gasteiger charge is 2.20. The Labute approximate surface area is 178 Å². The molecule has 0 fully saturated rings. The fourth-order valence-corrected chi connectivity index (χ4v) is 3.79. The molecule has 1 aliphatic rings. The van der Waals surface area contributed by atoms with E-state index in [-0.39, 0.29) is 18.0 Å². The second-order valence-corrected chi connectivity index (χ2v) is 8.11. The molecule has 0 radical (unpaired) electrons. The van der Waals surface area contributed by atoms with Gasteiger partial charge in [0.1, 0.15) is 11.6 Å². The molecule has 0 bridgehead atoms. The zero-order valence-electron chi connectivity index (χ0n) is 16.9. The van der Waals surface area contributed by atoms with Crippen molar-refractivity contribution < 1.29 is 19.0 Å². The quantitative estimate of drug-likeness (QED) is 0.580. The van der Waals surface area contributed by atoms with Crippen LogP contribution in [0.1, 0.15) is 18.3 Å². The highest BCUT2D eigenvalue weighted by molar-refractivity contribution is 8.00. The number of nitrogens with zero attached hydrogens (tertiary/aromatic N) is 3. The van der Waals surface area contributed by atoms with Crippen molar-refractivity contribution in [3.63, 3.8) is 0 Å². The summed E-state index contributed by atoms with van der Waals surface area (Å²) in [6.45, 7) is 2.04. The summed E-state index contributed by atoms with van der Waals surface area (Å²) < 4.78 is 17.7. The Morgan fingerprint density at radius 2 is 1.97 bits per heavy atom. The van der Waals surface area contributed by atoms with E-state index in [0.29, 0.717) is 28.8 Å². The maximum Gasteiger partial charge on any atom is 0.237 e. The number of ether oxygens (including phenoxy) is 3. The topological polar surface area (TPSA) is 87.5 Å². The van der Waals surface area contributed by atoms with Gasteiger partial charge in [-0.1, -0.05) is 23.9 Å². The summed E-state index contributed by atoms with van der Waals surface area (Å²) in [5.41, 5.74) is 1.77. The Morgan fingerprint density at radius 3 is 2.73 bits per heavy atom. The number of methoxy groups -OCH3 is 1. The van der Waals surface area contributed by atoms with Crippen LogP contribution in [0.25, 0.3) is 0 Å². The second-order valence-electron chi connectivity index (χ2n) is 6.80. The lowest BCUT2D eigenvalue weighted by molar-refractivity contribution is -0.115. The highest BCUT2D eigenvalue weighted by atomic mass is 32.2. The Balaban J connectivity index is 1.38. The number of benzene rings is 2. The Hall–Kier alpha value is -3.20. The zero-order chi connectivity index (χ0) is 21.1.